The fourth-order valence-electron chi connectivity index (χ4n) is 4.01. The summed E-state index contributed by atoms with van der Waals surface area (Å²) in [7, 11) is 0. The number of hydrogen-bond donors (Lipinski definition) is 1. The van der Waals surface area contributed by atoms with Crippen molar-refractivity contribution >= 4 is 21.9 Å². The molecule has 0 aliphatic heterocycles. The van der Waals surface area contributed by atoms with Crippen LogP contribution in [0, 0.1) is 17.2 Å². The highest BCUT2D eigenvalue weighted by atomic mass is 16.3. The number of nitriles is 1. The summed E-state index contributed by atoms with van der Waals surface area (Å²) in [6, 6.07) is 10.7. The minimum absolute atomic E-state index is 0.0683. The van der Waals surface area contributed by atoms with Crippen molar-refractivity contribution in [1.82, 2.24) is 14.5 Å². The van der Waals surface area contributed by atoms with Crippen LogP contribution in [0.4, 0.5) is 0 Å². The van der Waals surface area contributed by atoms with Crippen LogP contribution in [0.3, 0.4) is 0 Å². The Labute approximate surface area is 140 Å². The summed E-state index contributed by atoms with van der Waals surface area (Å²) in [6.45, 7) is -0.0683. The molecule has 5 nitrogen and oxygen atoms in total. The van der Waals surface area contributed by atoms with E-state index in [4.69, 9.17) is 5.26 Å². The second-order valence-corrected chi connectivity index (χ2v) is 6.60. The highest BCUT2D eigenvalue weighted by Crippen LogP contribution is 2.37. The van der Waals surface area contributed by atoms with Gasteiger partial charge in [-0.2, -0.15) is 5.26 Å². The van der Waals surface area contributed by atoms with Gasteiger partial charge in [0.05, 0.1) is 23.3 Å². The number of aliphatic hydroxyl groups excluding tert-OH is 1. The summed E-state index contributed by atoms with van der Waals surface area (Å²) in [4.78, 5) is 9.10. The molecule has 0 radical (unpaired) electrons. The molecule has 2 aromatic heterocycles. The monoisotopic (exact) mass is 320 g/mol. The molecule has 0 atom stereocenters. The third-order valence-electron chi connectivity index (χ3n) is 5.20. The van der Waals surface area contributed by atoms with Crippen LogP contribution < -0.4 is 0 Å². The largest absolute Gasteiger partial charge is 0.388 e. The van der Waals surface area contributed by atoms with E-state index in [0.29, 0.717) is 24.2 Å². The van der Waals surface area contributed by atoms with Gasteiger partial charge in [0.1, 0.15) is 17.9 Å². The van der Waals surface area contributed by atoms with Gasteiger partial charge in [0.2, 0.25) is 0 Å². The molecule has 0 bridgehead atoms. The zero-order chi connectivity index (χ0) is 16.5. The molecule has 1 saturated carbocycles. The molecule has 0 spiro atoms. The molecule has 122 valence electrons. The summed E-state index contributed by atoms with van der Waals surface area (Å²) in [5, 5.41) is 19.8. The number of pyridine rings is 1. The van der Waals surface area contributed by atoms with Crippen molar-refractivity contribution in [1.29, 1.82) is 5.26 Å². The Hall–Kier alpha value is -2.45. The predicted molar refractivity (Wildman–Crippen MR) is 92.2 cm³/mol. The van der Waals surface area contributed by atoms with Crippen molar-refractivity contribution in [2.75, 3.05) is 0 Å². The van der Waals surface area contributed by atoms with E-state index in [1.165, 1.54) is 0 Å². The molecular weight excluding hydrogens is 300 g/mol. The van der Waals surface area contributed by atoms with Gasteiger partial charge in [-0.25, -0.2) is 4.98 Å². The first kappa shape index (κ1) is 15.1. The van der Waals surface area contributed by atoms with Gasteiger partial charge >= 0.3 is 0 Å². The Morgan fingerprint density at radius 2 is 1.96 bits per heavy atom. The summed E-state index contributed by atoms with van der Waals surface area (Å²) < 4.78 is 2.22. The molecule has 0 amide bonds. The molecule has 5 heteroatoms. The maximum absolute atomic E-state index is 9.81. The van der Waals surface area contributed by atoms with E-state index < -0.39 is 0 Å². The zero-order valence-corrected chi connectivity index (χ0v) is 13.5. The molecule has 1 N–H and O–H groups in total. The van der Waals surface area contributed by atoms with Gasteiger partial charge in [0.25, 0.3) is 0 Å². The number of aliphatic hydroxyl groups is 1. The van der Waals surface area contributed by atoms with Crippen molar-refractivity contribution in [3.8, 4) is 6.07 Å². The molecular formula is C19H20N4O. The van der Waals surface area contributed by atoms with Gasteiger partial charge in [-0.05, 0) is 37.7 Å². The first-order valence-corrected chi connectivity index (χ1v) is 8.54. The molecule has 1 aliphatic carbocycles. The summed E-state index contributed by atoms with van der Waals surface area (Å²) in [6.07, 6.45) is 6.63. The van der Waals surface area contributed by atoms with Crippen LogP contribution >= 0.6 is 0 Å². The molecule has 3 aromatic rings. The Bertz CT molecular complexity index is 916. The van der Waals surface area contributed by atoms with E-state index in [1.807, 2.05) is 18.2 Å². The summed E-state index contributed by atoms with van der Waals surface area (Å²) >= 11 is 0. The number of imidazole rings is 1. The van der Waals surface area contributed by atoms with Crippen LogP contribution in [0.1, 0.15) is 44.0 Å². The van der Waals surface area contributed by atoms with Crippen LogP contribution in [-0.4, -0.2) is 19.6 Å². The van der Waals surface area contributed by atoms with E-state index in [2.05, 4.69) is 26.7 Å². The topological polar surface area (TPSA) is 74.7 Å². The van der Waals surface area contributed by atoms with Crippen molar-refractivity contribution in [2.24, 2.45) is 5.92 Å². The molecule has 0 saturated heterocycles. The van der Waals surface area contributed by atoms with Gasteiger partial charge in [-0.3, -0.25) is 4.98 Å². The predicted octanol–water partition coefficient (Wildman–Crippen LogP) is 3.72. The highest BCUT2D eigenvalue weighted by Gasteiger charge is 2.26. The maximum Gasteiger partial charge on any atom is 0.136 e. The van der Waals surface area contributed by atoms with E-state index in [0.717, 1.165) is 47.6 Å². The minimum atomic E-state index is -0.0683. The van der Waals surface area contributed by atoms with E-state index in [9.17, 15) is 5.11 Å². The van der Waals surface area contributed by atoms with E-state index >= 15 is 0 Å². The average molecular weight is 320 g/mol. The Balaban J connectivity index is 1.82. The lowest BCUT2D eigenvalue weighted by molar-refractivity contribution is 0.239. The maximum atomic E-state index is 9.81. The SMILES string of the molecule is N#CCC1CCC(n2c(CO)nc3cnc4ccccc4c32)CC1. The number of fused-ring (bicyclic) bond motifs is 3. The van der Waals surface area contributed by atoms with Crippen molar-refractivity contribution in [3.05, 3.63) is 36.3 Å². The third-order valence-corrected chi connectivity index (χ3v) is 5.20. The molecule has 24 heavy (non-hydrogen) atoms. The fourth-order valence-corrected chi connectivity index (χ4v) is 4.01. The van der Waals surface area contributed by atoms with Gasteiger partial charge in [0, 0.05) is 17.8 Å². The van der Waals surface area contributed by atoms with Crippen LogP contribution in [0.5, 0.6) is 0 Å². The number of hydrogen-bond acceptors (Lipinski definition) is 4. The van der Waals surface area contributed by atoms with Crippen molar-refractivity contribution in [2.45, 2.75) is 44.8 Å². The third kappa shape index (κ3) is 2.44. The molecule has 1 aromatic carbocycles. The van der Waals surface area contributed by atoms with Gasteiger partial charge in [-0.15, -0.1) is 0 Å². The lowest BCUT2D eigenvalue weighted by Crippen LogP contribution is -2.20. The van der Waals surface area contributed by atoms with E-state index in [1.54, 1.807) is 6.20 Å². The first-order chi connectivity index (χ1) is 11.8. The number of para-hydroxylation sites is 1. The van der Waals surface area contributed by atoms with Gasteiger partial charge in [0.15, 0.2) is 0 Å². The van der Waals surface area contributed by atoms with Crippen molar-refractivity contribution in [3.63, 3.8) is 0 Å². The minimum Gasteiger partial charge on any atom is -0.388 e. The van der Waals surface area contributed by atoms with E-state index in [-0.39, 0.29) is 6.61 Å². The van der Waals surface area contributed by atoms with Crippen LogP contribution in [0.25, 0.3) is 21.9 Å². The number of nitrogens with zero attached hydrogens (tertiary/aromatic N) is 4. The Kier molecular flexibility index (Phi) is 3.91. The fraction of sp³-hybridized carbons (Fsp3) is 0.421. The number of benzene rings is 1. The zero-order valence-electron chi connectivity index (χ0n) is 13.5. The van der Waals surface area contributed by atoms with Crippen LogP contribution in [-0.2, 0) is 6.61 Å². The molecule has 4 rings (SSSR count). The lowest BCUT2D eigenvalue weighted by atomic mass is 9.84. The molecule has 0 unspecified atom stereocenters. The molecule has 1 fully saturated rings. The normalized spacial score (nSPS) is 21.2. The lowest BCUT2D eigenvalue weighted by Gasteiger charge is -2.29. The Morgan fingerprint density at radius 1 is 1.17 bits per heavy atom. The summed E-state index contributed by atoms with van der Waals surface area (Å²) in [5.41, 5.74) is 2.87. The highest BCUT2D eigenvalue weighted by molar-refractivity contribution is 6.02. The number of aromatic nitrogens is 3. The van der Waals surface area contributed by atoms with Gasteiger partial charge in [-0.1, -0.05) is 18.2 Å². The van der Waals surface area contributed by atoms with Crippen LogP contribution in [0.2, 0.25) is 0 Å². The number of rotatable bonds is 3. The average Bonchev–Trinajstić information content (AvgIpc) is 3.02. The quantitative estimate of drug-likeness (QED) is 0.798. The van der Waals surface area contributed by atoms with Crippen LogP contribution in [0.15, 0.2) is 30.5 Å². The second kappa shape index (κ2) is 6.21. The molecule has 2 heterocycles. The second-order valence-electron chi connectivity index (χ2n) is 6.60. The Morgan fingerprint density at radius 3 is 2.71 bits per heavy atom. The smallest absolute Gasteiger partial charge is 0.136 e. The van der Waals surface area contributed by atoms with Gasteiger partial charge < -0.3 is 9.67 Å². The standard InChI is InChI=1S/C19H20N4O/c20-10-9-13-5-7-14(8-6-13)23-18(12-24)22-17-11-21-16-4-2-1-3-15(16)19(17)23/h1-4,11,13-14,24H,5-9,12H2. The summed E-state index contributed by atoms with van der Waals surface area (Å²) in [5.74, 6) is 1.23. The first-order valence-electron chi connectivity index (χ1n) is 8.54. The molecule has 1 aliphatic rings. The van der Waals surface area contributed by atoms with Crippen molar-refractivity contribution < 1.29 is 5.11 Å².